The van der Waals surface area contributed by atoms with Crippen LogP contribution >= 0.6 is 11.8 Å². The Morgan fingerprint density at radius 1 is 1.31 bits per heavy atom. The van der Waals surface area contributed by atoms with Gasteiger partial charge < -0.3 is 0 Å². The predicted octanol–water partition coefficient (Wildman–Crippen LogP) is -0.583. The zero-order chi connectivity index (χ0) is 9.42. The van der Waals surface area contributed by atoms with Gasteiger partial charge in [0.1, 0.15) is 0 Å². The predicted molar refractivity (Wildman–Crippen MR) is 46.2 cm³/mol. The van der Waals surface area contributed by atoms with Crippen LogP contribution in [0.1, 0.15) is 6.42 Å². The average molecular weight is 198 g/mol. The van der Waals surface area contributed by atoms with Gasteiger partial charge >= 0.3 is 0 Å². The van der Waals surface area contributed by atoms with Crippen LogP contribution in [0.3, 0.4) is 0 Å². The van der Waals surface area contributed by atoms with Gasteiger partial charge in [-0.05, 0) is 0 Å². The molecule has 2 aliphatic rings. The first kappa shape index (κ1) is 8.43. The first-order valence-electron chi connectivity index (χ1n) is 3.73. The Balaban J connectivity index is 2.18. The second-order valence-electron chi connectivity index (χ2n) is 2.77. The molecular formula is C7H6N2O3S. The smallest absolute Gasteiger partial charge is 0.258 e. The lowest BCUT2D eigenvalue weighted by Gasteiger charge is -2.11. The van der Waals surface area contributed by atoms with Crippen LogP contribution in [0.5, 0.6) is 0 Å². The van der Waals surface area contributed by atoms with Gasteiger partial charge in [0, 0.05) is 0 Å². The maximum absolute atomic E-state index is 11.2. The summed E-state index contributed by atoms with van der Waals surface area (Å²) in [5.41, 5.74) is 0. The number of carbonyl (C=O) groups excluding carboxylic acids is 3. The highest BCUT2D eigenvalue weighted by molar-refractivity contribution is 8.14. The van der Waals surface area contributed by atoms with Crippen molar-refractivity contribution in [2.24, 2.45) is 4.99 Å². The Morgan fingerprint density at radius 3 is 2.54 bits per heavy atom. The molecule has 1 fully saturated rings. The molecule has 0 radical (unpaired) electrons. The average Bonchev–Trinajstić information content (AvgIpc) is 2.58. The lowest BCUT2D eigenvalue weighted by molar-refractivity contribution is -0.125. The van der Waals surface area contributed by atoms with Crippen LogP contribution in [0, 0.1) is 0 Å². The van der Waals surface area contributed by atoms with Gasteiger partial charge in [-0.15, -0.1) is 0 Å². The number of carbonyl (C=O) groups is 3. The Hall–Kier alpha value is -1.17. The van der Waals surface area contributed by atoms with Gasteiger partial charge in [0.05, 0.1) is 18.7 Å². The highest BCUT2D eigenvalue weighted by Gasteiger charge is 2.33. The molecule has 0 bridgehead atoms. The molecule has 6 heteroatoms. The summed E-state index contributed by atoms with van der Waals surface area (Å²) in [4.78, 5) is 37.8. The molecule has 1 saturated heterocycles. The summed E-state index contributed by atoms with van der Waals surface area (Å²) in [7, 11) is 0. The third-order valence-corrected chi connectivity index (χ3v) is 2.72. The van der Waals surface area contributed by atoms with Gasteiger partial charge in [-0.25, -0.2) is 0 Å². The number of amidine groups is 1. The first-order chi connectivity index (χ1) is 6.16. The van der Waals surface area contributed by atoms with Gasteiger partial charge in [-0.2, -0.15) is 4.99 Å². The van der Waals surface area contributed by atoms with E-state index in [9.17, 15) is 14.4 Å². The molecule has 0 spiro atoms. The molecule has 0 aromatic rings. The molecule has 0 unspecified atom stereocenters. The van der Waals surface area contributed by atoms with Crippen LogP contribution in [0.15, 0.2) is 4.99 Å². The van der Waals surface area contributed by atoms with E-state index in [1.54, 1.807) is 0 Å². The minimum atomic E-state index is -0.258. The Bertz CT molecular complexity index is 337. The van der Waals surface area contributed by atoms with Gasteiger partial charge in [-0.3, -0.25) is 19.3 Å². The van der Waals surface area contributed by atoms with E-state index in [2.05, 4.69) is 4.99 Å². The van der Waals surface area contributed by atoms with Crippen molar-refractivity contribution in [3.8, 4) is 0 Å². The number of nitrogens with zero attached hydrogens (tertiary/aromatic N) is 2. The zero-order valence-electron chi connectivity index (χ0n) is 6.65. The number of likely N-dealkylation sites (tertiary alicyclic amines) is 1. The molecule has 2 amide bonds. The summed E-state index contributed by atoms with van der Waals surface area (Å²) in [6, 6.07) is 0. The summed E-state index contributed by atoms with van der Waals surface area (Å²) in [6.45, 7) is 0.0674. The van der Waals surface area contributed by atoms with Crippen molar-refractivity contribution in [3.05, 3.63) is 0 Å². The zero-order valence-corrected chi connectivity index (χ0v) is 7.47. The quantitative estimate of drug-likeness (QED) is 0.488. The first-order valence-corrected chi connectivity index (χ1v) is 4.72. The lowest BCUT2D eigenvalue weighted by atomic mass is 10.3. The highest BCUT2D eigenvalue weighted by Crippen LogP contribution is 2.20. The summed E-state index contributed by atoms with van der Waals surface area (Å²) in [5, 5.41) is 0.376. The van der Waals surface area contributed by atoms with E-state index >= 15 is 0 Å². The van der Waals surface area contributed by atoms with Gasteiger partial charge in [0.2, 0.25) is 5.91 Å². The van der Waals surface area contributed by atoms with E-state index in [0.29, 0.717) is 5.17 Å². The third-order valence-electron chi connectivity index (χ3n) is 1.76. The molecular weight excluding hydrogens is 192 g/mol. The molecule has 13 heavy (non-hydrogen) atoms. The van der Waals surface area contributed by atoms with Crippen molar-refractivity contribution in [1.82, 2.24) is 4.90 Å². The van der Waals surface area contributed by atoms with Crippen LogP contribution in [-0.2, 0) is 14.4 Å². The number of hydrogen-bond donors (Lipinski definition) is 0. The Morgan fingerprint density at radius 2 is 2.08 bits per heavy atom. The van der Waals surface area contributed by atoms with E-state index in [1.807, 2.05) is 0 Å². The van der Waals surface area contributed by atoms with E-state index in [4.69, 9.17) is 0 Å². The minimum absolute atomic E-state index is 0.0617. The monoisotopic (exact) mass is 198 g/mol. The second kappa shape index (κ2) is 2.95. The molecule has 0 aromatic heterocycles. The second-order valence-corrected chi connectivity index (χ2v) is 3.71. The van der Waals surface area contributed by atoms with Crippen molar-refractivity contribution in [1.29, 1.82) is 0 Å². The molecule has 0 atom stereocenters. The number of ketones is 1. The number of amides is 2. The van der Waals surface area contributed by atoms with Crippen molar-refractivity contribution < 1.29 is 14.4 Å². The summed E-state index contributed by atoms with van der Waals surface area (Å²) in [5.74, 6) is -0.349. The van der Waals surface area contributed by atoms with E-state index in [-0.39, 0.29) is 36.3 Å². The summed E-state index contributed by atoms with van der Waals surface area (Å²) >= 11 is 1.21. The molecule has 2 heterocycles. The van der Waals surface area contributed by atoms with Crippen molar-refractivity contribution in [3.63, 3.8) is 0 Å². The normalized spacial score (nSPS) is 22.9. The SMILES string of the molecule is O=C1CC(=O)N(C2=NC(=O)CS2)C1. The Labute approximate surface area is 78.2 Å². The van der Waals surface area contributed by atoms with Gasteiger partial charge in [0.15, 0.2) is 11.0 Å². The molecule has 0 aromatic carbocycles. The number of thioether (sulfide) groups is 1. The number of hydrogen-bond acceptors (Lipinski definition) is 4. The minimum Gasteiger partial charge on any atom is -0.297 e. The van der Waals surface area contributed by atoms with Gasteiger partial charge in [-0.1, -0.05) is 11.8 Å². The summed E-state index contributed by atoms with van der Waals surface area (Å²) in [6.07, 6.45) is -0.0617. The third kappa shape index (κ3) is 1.49. The maximum Gasteiger partial charge on any atom is 0.258 e. The van der Waals surface area contributed by atoms with E-state index in [0.717, 1.165) is 0 Å². The molecule has 0 N–H and O–H groups in total. The maximum atomic E-state index is 11.2. The highest BCUT2D eigenvalue weighted by atomic mass is 32.2. The molecule has 5 nitrogen and oxygen atoms in total. The molecule has 0 aliphatic carbocycles. The largest absolute Gasteiger partial charge is 0.297 e. The lowest BCUT2D eigenvalue weighted by Crippen LogP contribution is -2.29. The topological polar surface area (TPSA) is 66.8 Å². The summed E-state index contributed by atoms with van der Waals surface area (Å²) < 4.78 is 0. The molecule has 2 rings (SSSR count). The fourth-order valence-electron chi connectivity index (χ4n) is 1.19. The Kier molecular flexibility index (Phi) is 1.91. The van der Waals surface area contributed by atoms with Crippen LogP contribution in [0.4, 0.5) is 0 Å². The van der Waals surface area contributed by atoms with Crippen LogP contribution < -0.4 is 0 Å². The van der Waals surface area contributed by atoms with Crippen LogP contribution in [-0.4, -0.2) is 40.0 Å². The number of rotatable bonds is 0. The van der Waals surface area contributed by atoms with Gasteiger partial charge in [0.25, 0.3) is 5.91 Å². The van der Waals surface area contributed by atoms with E-state index in [1.165, 1.54) is 16.7 Å². The van der Waals surface area contributed by atoms with Crippen molar-refractivity contribution in [2.45, 2.75) is 6.42 Å². The van der Waals surface area contributed by atoms with Crippen molar-refractivity contribution >= 4 is 34.5 Å². The van der Waals surface area contributed by atoms with Crippen molar-refractivity contribution in [2.75, 3.05) is 12.3 Å². The fourth-order valence-corrected chi connectivity index (χ4v) is 2.00. The molecule has 68 valence electrons. The fraction of sp³-hybridized carbons (Fsp3) is 0.429. The number of Topliss-reactive ketones (excluding diaryl/α,β-unsaturated/α-hetero) is 1. The standard InChI is InChI=1S/C7H6N2O3S/c10-4-1-6(12)9(2-4)7-8-5(11)3-13-7/h1-3H2. The van der Waals surface area contributed by atoms with Crippen LogP contribution in [0.25, 0.3) is 0 Å². The number of aliphatic imine (C=N–C) groups is 1. The molecule has 0 saturated carbocycles. The van der Waals surface area contributed by atoms with Crippen LogP contribution in [0.2, 0.25) is 0 Å². The van der Waals surface area contributed by atoms with E-state index < -0.39 is 0 Å². The molecule has 2 aliphatic heterocycles.